The quantitative estimate of drug-likeness (QED) is 0.834. The standard InChI is InChI=1S/C15H22N4O/c1-3-9-19(10-11-20)12-14-16-17-15(18(14)2)13-7-5-4-6-8-13/h4-8,20H,3,9-12H2,1-2H3. The average Bonchev–Trinajstić information content (AvgIpc) is 2.82. The minimum Gasteiger partial charge on any atom is -0.395 e. The second kappa shape index (κ2) is 7.17. The van der Waals surface area contributed by atoms with Crippen LogP contribution in [-0.2, 0) is 13.6 Å². The molecule has 0 bridgehead atoms. The molecule has 0 saturated carbocycles. The summed E-state index contributed by atoms with van der Waals surface area (Å²) >= 11 is 0. The lowest BCUT2D eigenvalue weighted by molar-refractivity contribution is 0.186. The van der Waals surface area contributed by atoms with Gasteiger partial charge in [0.1, 0.15) is 5.82 Å². The molecule has 0 atom stereocenters. The maximum Gasteiger partial charge on any atom is 0.163 e. The molecule has 0 aliphatic heterocycles. The van der Waals surface area contributed by atoms with Gasteiger partial charge >= 0.3 is 0 Å². The van der Waals surface area contributed by atoms with Gasteiger partial charge in [-0.3, -0.25) is 4.90 Å². The first kappa shape index (κ1) is 14.7. The summed E-state index contributed by atoms with van der Waals surface area (Å²) < 4.78 is 2.02. The van der Waals surface area contributed by atoms with Crippen LogP contribution in [0, 0.1) is 0 Å². The van der Waals surface area contributed by atoms with Gasteiger partial charge in [0.15, 0.2) is 5.82 Å². The van der Waals surface area contributed by atoms with Gasteiger partial charge in [0.25, 0.3) is 0 Å². The zero-order valence-electron chi connectivity index (χ0n) is 12.2. The normalized spacial score (nSPS) is 11.2. The van der Waals surface area contributed by atoms with Crippen LogP contribution in [0.4, 0.5) is 0 Å². The highest BCUT2D eigenvalue weighted by Crippen LogP contribution is 2.17. The lowest BCUT2D eigenvalue weighted by Gasteiger charge is -2.19. The van der Waals surface area contributed by atoms with E-state index in [-0.39, 0.29) is 6.61 Å². The topological polar surface area (TPSA) is 54.2 Å². The fourth-order valence-electron chi connectivity index (χ4n) is 2.27. The lowest BCUT2D eigenvalue weighted by Crippen LogP contribution is -2.28. The monoisotopic (exact) mass is 274 g/mol. The maximum atomic E-state index is 9.11. The van der Waals surface area contributed by atoms with Gasteiger partial charge in [-0.25, -0.2) is 0 Å². The van der Waals surface area contributed by atoms with Crippen molar-refractivity contribution < 1.29 is 5.11 Å². The highest BCUT2D eigenvalue weighted by atomic mass is 16.3. The summed E-state index contributed by atoms with van der Waals surface area (Å²) in [4.78, 5) is 2.19. The van der Waals surface area contributed by atoms with Crippen LogP contribution in [0.15, 0.2) is 30.3 Å². The first-order chi connectivity index (χ1) is 9.76. The van der Waals surface area contributed by atoms with Gasteiger partial charge in [-0.05, 0) is 13.0 Å². The van der Waals surface area contributed by atoms with Crippen LogP contribution in [0.5, 0.6) is 0 Å². The summed E-state index contributed by atoms with van der Waals surface area (Å²) in [6, 6.07) is 10.1. The fourth-order valence-corrected chi connectivity index (χ4v) is 2.27. The maximum absolute atomic E-state index is 9.11. The minimum atomic E-state index is 0.170. The molecule has 0 aliphatic rings. The van der Waals surface area contributed by atoms with E-state index >= 15 is 0 Å². The van der Waals surface area contributed by atoms with E-state index in [2.05, 4.69) is 22.0 Å². The van der Waals surface area contributed by atoms with E-state index in [4.69, 9.17) is 5.11 Å². The van der Waals surface area contributed by atoms with Gasteiger partial charge < -0.3 is 9.67 Å². The highest BCUT2D eigenvalue weighted by Gasteiger charge is 2.13. The Bertz CT molecular complexity index is 518. The minimum absolute atomic E-state index is 0.170. The van der Waals surface area contributed by atoms with Crippen molar-refractivity contribution in [2.45, 2.75) is 19.9 Å². The van der Waals surface area contributed by atoms with Crippen LogP contribution in [0.3, 0.4) is 0 Å². The Morgan fingerprint density at radius 2 is 1.90 bits per heavy atom. The molecule has 0 fully saturated rings. The molecule has 1 aromatic carbocycles. The second-order valence-corrected chi connectivity index (χ2v) is 4.86. The Morgan fingerprint density at radius 3 is 2.55 bits per heavy atom. The lowest BCUT2D eigenvalue weighted by atomic mass is 10.2. The molecule has 5 heteroatoms. The summed E-state index contributed by atoms with van der Waals surface area (Å²) in [7, 11) is 1.99. The third-order valence-corrected chi connectivity index (χ3v) is 3.32. The number of aliphatic hydroxyl groups excluding tert-OH is 1. The number of hydrogen-bond acceptors (Lipinski definition) is 4. The zero-order valence-corrected chi connectivity index (χ0v) is 12.2. The average molecular weight is 274 g/mol. The molecular weight excluding hydrogens is 252 g/mol. The molecule has 108 valence electrons. The number of rotatable bonds is 7. The zero-order chi connectivity index (χ0) is 14.4. The van der Waals surface area contributed by atoms with Gasteiger partial charge in [0, 0.05) is 19.2 Å². The Morgan fingerprint density at radius 1 is 1.15 bits per heavy atom. The van der Waals surface area contributed by atoms with Crippen molar-refractivity contribution in [2.75, 3.05) is 19.7 Å². The van der Waals surface area contributed by atoms with E-state index in [0.717, 1.165) is 30.2 Å². The van der Waals surface area contributed by atoms with Crippen LogP contribution in [0.1, 0.15) is 19.2 Å². The number of hydrogen-bond donors (Lipinski definition) is 1. The first-order valence-corrected chi connectivity index (χ1v) is 7.03. The van der Waals surface area contributed by atoms with Gasteiger partial charge in [-0.1, -0.05) is 37.3 Å². The molecule has 0 spiro atoms. The Kier molecular flexibility index (Phi) is 5.26. The van der Waals surface area contributed by atoms with E-state index in [1.807, 2.05) is 41.9 Å². The number of aliphatic hydroxyl groups is 1. The number of aromatic nitrogens is 3. The summed E-state index contributed by atoms with van der Waals surface area (Å²) in [6.07, 6.45) is 1.06. The van der Waals surface area contributed by atoms with Crippen LogP contribution >= 0.6 is 0 Å². The van der Waals surface area contributed by atoms with Crippen molar-refractivity contribution in [3.05, 3.63) is 36.2 Å². The van der Waals surface area contributed by atoms with Crippen LogP contribution in [0.25, 0.3) is 11.4 Å². The number of nitrogens with zero attached hydrogens (tertiary/aromatic N) is 4. The fraction of sp³-hybridized carbons (Fsp3) is 0.467. The summed E-state index contributed by atoms with van der Waals surface area (Å²) in [5.41, 5.74) is 1.07. The van der Waals surface area contributed by atoms with Crippen molar-refractivity contribution in [1.82, 2.24) is 19.7 Å². The first-order valence-electron chi connectivity index (χ1n) is 7.03. The molecule has 1 heterocycles. The molecule has 2 rings (SSSR count). The summed E-state index contributed by atoms with van der Waals surface area (Å²) in [5.74, 6) is 1.80. The van der Waals surface area contributed by atoms with Crippen LogP contribution < -0.4 is 0 Å². The second-order valence-electron chi connectivity index (χ2n) is 4.86. The van der Waals surface area contributed by atoms with Crippen molar-refractivity contribution in [2.24, 2.45) is 7.05 Å². The molecule has 1 aromatic heterocycles. The van der Waals surface area contributed by atoms with E-state index < -0.39 is 0 Å². The van der Waals surface area contributed by atoms with E-state index in [0.29, 0.717) is 13.1 Å². The van der Waals surface area contributed by atoms with E-state index in [9.17, 15) is 0 Å². The molecule has 0 saturated heterocycles. The molecular formula is C15H22N4O. The van der Waals surface area contributed by atoms with Gasteiger partial charge in [0.05, 0.1) is 13.2 Å². The molecule has 2 aromatic rings. The molecule has 5 nitrogen and oxygen atoms in total. The molecule has 0 radical (unpaired) electrons. The van der Waals surface area contributed by atoms with Crippen molar-refractivity contribution in [1.29, 1.82) is 0 Å². The van der Waals surface area contributed by atoms with Gasteiger partial charge in [-0.15, -0.1) is 10.2 Å². The Balaban J connectivity index is 2.16. The van der Waals surface area contributed by atoms with Gasteiger partial charge in [-0.2, -0.15) is 0 Å². The molecule has 0 unspecified atom stereocenters. The number of benzene rings is 1. The smallest absolute Gasteiger partial charge is 0.163 e. The third-order valence-electron chi connectivity index (χ3n) is 3.32. The molecule has 1 N–H and O–H groups in total. The largest absolute Gasteiger partial charge is 0.395 e. The predicted octanol–water partition coefficient (Wildman–Crippen LogP) is 1.69. The van der Waals surface area contributed by atoms with E-state index in [1.165, 1.54) is 0 Å². The van der Waals surface area contributed by atoms with Crippen LogP contribution in [-0.4, -0.2) is 44.5 Å². The molecule has 20 heavy (non-hydrogen) atoms. The summed E-state index contributed by atoms with van der Waals surface area (Å²) in [6.45, 7) is 4.64. The predicted molar refractivity (Wildman–Crippen MR) is 79.1 cm³/mol. The van der Waals surface area contributed by atoms with Crippen molar-refractivity contribution >= 4 is 0 Å². The molecule has 0 aliphatic carbocycles. The Hall–Kier alpha value is -1.72. The van der Waals surface area contributed by atoms with Crippen molar-refractivity contribution in [3.63, 3.8) is 0 Å². The summed E-state index contributed by atoms with van der Waals surface area (Å²) in [5, 5.41) is 17.7. The Labute approximate surface area is 119 Å². The third kappa shape index (κ3) is 3.43. The van der Waals surface area contributed by atoms with E-state index in [1.54, 1.807) is 0 Å². The van der Waals surface area contributed by atoms with Gasteiger partial charge in [0.2, 0.25) is 0 Å². The SMILES string of the molecule is CCCN(CCO)Cc1nnc(-c2ccccc2)n1C. The van der Waals surface area contributed by atoms with Crippen LogP contribution in [0.2, 0.25) is 0 Å². The molecule has 0 amide bonds. The van der Waals surface area contributed by atoms with Crippen molar-refractivity contribution in [3.8, 4) is 11.4 Å². The highest BCUT2D eigenvalue weighted by molar-refractivity contribution is 5.54.